The summed E-state index contributed by atoms with van der Waals surface area (Å²) in [6.07, 6.45) is 5.33. The van der Waals surface area contributed by atoms with Crippen LogP contribution < -0.4 is 5.32 Å². The predicted molar refractivity (Wildman–Crippen MR) is 77.0 cm³/mol. The molecular weight excluding hydrogens is 242 g/mol. The second kappa shape index (κ2) is 6.71. The number of nitrogens with zero attached hydrogens (tertiary/aromatic N) is 1. The van der Waals surface area contributed by atoms with Crippen molar-refractivity contribution < 1.29 is 0 Å². The number of hydrogen-bond donors (Lipinski definition) is 2. The largest absolute Gasteiger partial charge is 0.309 e. The third-order valence-electron chi connectivity index (χ3n) is 3.24. The van der Waals surface area contributed by atoms with Gasteiger partial charge < -0.3 is 5.32 Å². The van der Waals surface area contributed by atoms with Gasteiger partial charge in [-0.2, -0.15) is 5.10 Å². The molecule has 1 unspecified atom stereocenters. The van der Waals surface area contributed by atoms with Gasteiger partial charge in [0.1, 0.15) is 0 Å². The quantitative estimate of drug-likeness (QED) is 0.751. The van der Waals surface area contributed by atoms with Crippen molar-refractivity contribution >= 4 is 11.3 Å². The molecular formula is C14H21N3S. The zero-order valence-corrected chi connectivity index (χ0v) is 11.9. The molecule has 0 saturated carbocycles. The van der Waals surface area contributed by atoms with E-state index < -0.39 is 0 Å². The van der Waals surface area contributed by atoms with Crippen molar-refractivity contribution in [3.8, 4) is 0 Å². The molecule has 0 radical (unpaired) electrons. The molecule has 3 nitrogen and oxygen atoms in total. The summed E-state index contributed by atoms with van der Waals surface area (Å²) in [5.74, 6) is 0. The first-order valence-corrected chi connectivity index (χ1v) is 7.45. The third-order valence-corrected chi connectivity index (χ3v) is 4.23. The number of aromatic amines is 1. The summed E-state index contributed by atoms with van der Waals surface area (Å²) in [7, 11) is 0. The molecule has 0 amide bonds. The van der Waals surface area contributed by atoms with Crippen molar-refractivity contribution in [2.75, 3.05) is 6.54 Å². The van der Waals surface area contributed by atoms with Crippen LogP contribution in [0, 0.1) is 6.92 Å². The molecule has 2 rings (SSSR count). The highest BCUT2D eigenvalue weighted by Crippen LogP contribution is 2.21. The Labute approximate surface area is 113 Å². The van der Waals surface area contributed by atoms with E-state index >= 15 is 0 Å². The minimum Gasteiger partial charge on any atom is -0.309 e. The molecule has 2 heterocycles. The minimum atomic E-state index is 0.510. The Hall–Kier alpha value is -1.13. The third kappa shape index (κ3) is 3.43. The molecule has 0 aliphatic heterocycles. The number of hydrogen-bond acceptors (Lipinski definition) is 3. The Morgan fingerprint density at radius 2 is 2.39 bits per heavy atom. The summed E-state index contributed by atoms with van der Waals surface area (Å²) in [4.78, 5) is 1.44. The van der Waals surface area contributed by atoms with E-state index in [1.165, 1.54) is 16.1 Å². The number of aromatic nitrogens is 2. The van der Waals surface area contributed by atoms with Crippen molar-refractivity contribution in [3.05, 3.63) is 39.8 Å². The van der Waals surface area contributed by atoms with Gasteiger partial charge in [0.15, 0.2) is 0 Å². The summed E-state index contributed by atoms with van der Waals surface area (Å²) in [6, 6.07) is 4.85. The maximum absolute atomic E-state index is 4.05. The zero-order chi connectivity index (χ0) is 12.8. The lowest BCUT2D eigenvalue weighted by atomic mass is 10.1. The molecule has 0 aromatic carbocycles. The molecule has 0 fully saturated rings. The average Bonchev–Trinajstić information content (AvgIpc) is 3.01. The van der Waals surface area contributed by atoms with Gasteiger partial charge in [0, 0.05) is 16.6 Å². The van der Waals surface area contributed by atoms with E-state index in [0.717, 1.165) is 25.8 Å². The molecule has 4 heteroatoms. The van der Waals surface area contributed by atoms with Crippen LogP contribution in [0.3, 0.4) is 0 Å². The monoisotopic (exact) mass is 263 g/mol. The average molecular weight is 263 g/mol. The van der Waals surface area contributed by atoms with E-state index in [2.05, 4.69) is 46.9 Å². The molecule has 2 aromatic rings. The summed E-state index contributed by atoms with van der Waals surface area (Å²) < 4.78 is 0. The lowest BCUT2D eigenvalue weighted by molar-refractivity contribution is 0.517. The van der Waals surface area contributed by atoms with Crippen molar-refractivity contribution in [2.45, 2.75) is 39.2 Å². The lowest BCUT2D eigenvalue weighted by Crippen LogP contribution is -2.21. The Morgan fingerprint density at radius 1 is 1.50 bits per heavy atom. The second-order valence-electron chi connectivity index (χ2n) is 4.55. The number of rotatable bonds is 7. The smallest absolute Gasteiger partial charge is 0.0522 e. The van der Waals surface area contributed by atoms with E-state index in [1.807, 2.05) is 17.5 Å². The van der Waals surface area contributed by atoms with Crippen LogP contribution in [0.5, 0.6) is 0 Å². The first kappa shape index (κ1) is 13.3. The van der Waals surface area contributed by atoms with E-state index in [-0.39, 0.29) is 0 Å². The van der Waals surface area contributed by atoms with E-state index in [9.17, 15) is 0 Å². The topological polar surface area (TPSA) is 40.7 Å². The van der Waals surface area contributed by atoms with Crippen molar-refractivity contribution in [1.29, 1.82) is 0 Å². The number of nitrogens with one attached hydrogen (secondary N) is 2. The normalized spacial score (nSPS) is 12.8. The Morgan fingerprint density at radius 3 is 3.00 bits per heavy atom. The molecule has 98 valence electrons. The fraction of sp³-hybridized carbons (Fsp3) is 0.500. The highest BCUT2D eigenvalue weighted by atomic mass is 32.1. The van der Waals surface area contributed by atoms with Gasteiger partial charge in [0.25, 0.3) is 0 Å². The first-order chi connectivity index (χ1) is 8.81. The Kier molecular flexibility index (Phi) is 4.96. The van der Waals surface area contributed by atoms with Crippen LogP contribution in [-0.4, -0.2) is 16.7 Å². The summed E-state index contributed by atoms with van der Waals surface area (Å²) in [6.45, 7) is 5.37. The number of aryl methyl sites for hydroxylation is 2. The maximum Gasteiger partial charge on any atom is 0.0522 e. The van der Waals surface area contributed by atoms with Crippen molar-refractivity contribution in [3.63, 3.8) is 0 Å². The minimum absolute atomic E-state index is 0.510. The van der Waals surface area contributed by atoms with Gasteiger partial charge in [0.05, 0.1) is 6.20 Å². The van der Waals surface area contributed by atoms with Crippen LogP contribution in [0.15, 0.2) is 23.7 Å². The molecule has 0 bridgehead atoms. The molecule has 0 saturated heterocycles. The van der Waals surface area contributed by atoms with E-state index in [4.69, 9.17) is 0 Å². The molecule has 18 heavy (non-hydrogen) atoms. The highest BCUT2D eigenvalue weighted by Gasteiger charge is 2.09. The van der Waals surface area contributed by atoms with Crippen LogP contribution in [0.2, 0.25) is 0 Å². The lowest BCUT2D eigenvalue weighted by Gasteiger charge is -2.15. The fourth-order valence-corrected chi connectivity index (χ4v) is 3.00. The summed E-state index contributed by atoms with van der Waals surface area (Å²) in [5, 5.41) is 12.8. The molecule has 1 atom stereocenters. The van der Waals surface area contributed by atoms with Crippen LogP contribution >= 0.6 is 11.3 Å². The van der Waals surface area contributed by atoms with Gasteiger partial charge in [-0.15, -0.1) is 11.3 Å². The van der Waals surface area contributed by atoms with Crippen molar-refractivity contribution in [2.24, 2.45) is 0 Å². The van der Waals surface area contributed by atoms with Crippen LogP contribution in [0.4, 0.5) is 0 Å². The SMILES string of the molecule is CCC(NCCCc1cn[nH]c1C)c1cccs1. The number of thiophene rings is 1. The van der Waals surface area contributed by atoms with Gasteiger partial charge in [-0.1, -0.05) is 13.0 Å². The molecule has 2 N–H and O–H groups in total. The summed E-state index contributed by atoms with van der Waals surface area (Å²) >= 11 is 1.84. The molecule has 0 aliphatic carbocycles. The Bertz CT molecular complexity index is 447. The van der Waals surface area contributed by atoms with Gasteiger partial charge in [0.2, 0.25) is 0 Å². The second-order valence-corrected chi connectivity index (χ2v) is 5.53. The maximum atomic E-state index is 4.05. The zero-order valence-electron chi connectivity index (χ0n) is 11.1. The van der Waals surface area contributed by atoms with Gasteiger partial charge >= 0.3 is 0 Å². The number of H-pyrrole nitrogens is 1. The van der Waals surface area contributed by atoms with Crippen LogP contribution in [0.25, 0.3) is 0 Å². The van der Waals surface area contributed by atoms with Crippen LogP contribution in [0.1, 0.15) is 41.9 Å². The van der Waals surface area contributed by atoms with Crippen molar-refractivity contribution in [1.82, 2.24) is 15.5 Å². The highest BCUT2D eigenvalue weighted by molar-refractivity contribution is 7.10. The molecule has 2 aromatic heterocycles. The van der Waals surface area contributed by atoms with Crippen LogP contribution in [-0.2, 0) is 6.42 Å². The van der Waals surface area contributed by atoms with Gasteiger partial charge in [-0.3, -0.25) is 5.10 Å². The van der Waals surface area contributed by atoms with Gasteiger partial charge in [-0.05, 0) is 49.7 Å². The predicted octanol–water partition coefficient (Wildman–Crippen LogP) is 3.45. The van der Waals surface area contributed by atoms with Gasteiger partial charge in [-0.25, -0.2) is 0 Å². The summed E-state index contributed by atoms with van der Waals surface area (Å²) in [5.41, 5.74) is 2.53. The first-order valence-electron chi connectivity index (χ1n) is 6.57. The molecule has 0 spiro atoms. The molecule has 0 aliphatic rings. The van der Waals surface area contributed by atoms with E-state index in [0.29, 0.717) is 6.04 Å². The van der Waals surface area contributed by atoms with E-state index in [1.54, 1.807) is 0 Å². The Balaban J connectivity index is 1.73. The standard InChI is InChI=1S/C14H21N3S/c1-3-13(14-7-5-9-18-14)15-8-4-6-12-10-16-17-11(12)2/h5,7,9-10,13,15H,3-4,6,8H2,1-2H3,(H,16,17). The fourth-order valence-electron chi connectivity index (χ4n) is 2.12.